The zero-order valence-corrected chi connectivity index (χ0v) is 10.2. The Hall–Kier alpha value is -2.20. The standard InChI is InChI=1S/C15H13FN2O/c16-12-6-3-4-10-8-14(19-15(10)12)13(17)9-11-5-1-2-7-18-11/h1-8,13H,9,17H2. The van der Waals surface area contributed by atoms with Crippen molar-refractivity contribution >= 4 is 11.0 Å². The molecule has 0 radical (unpaired) electrons. The van der Waals surface area contributed by atoms with Gasteiger partial charge in [-0.25, -0.2) is 4.39 Å². The van der Waals surface area contributed by atoms with Gasteiger partial charge in [0.05, 0.1) is 6.04 Å². The Morgan fingerprint density at radius 1 is 1.21 bits per heavy atom. The molecule has 0 saturated carbocycles. The lowest BCUT2D eigenvalue weighted by Gasteiger charge is -2.07. The van der Waals surface area contributed by atoms with E-state index in [1.54, 1.807) is 24.4 Å². The number of para-hydroxylation sites is 1. The first-order chi connectivity index (χ1) is 9.24. The SMILES string of the molecule is NC(Cc1ccccn1)c1cc2cccc(F)c2o1. The van der Waals surface area contributed by atoms with Gasteiger partial charge in [-0.15, -0.1) is 0 Å². The molecule has 1 aromatic carbocycles. The zero-order chi connectivity index (χ0) is 13.2. The van der Waals surface area contributed by atoms with Gasteiger partial charge in [-0.05, 0) is 24.3 Å². The predicted octanol–water partition coefficient (Wildman–Crippen LogP) is 3.21. The molecule has 0 aliphatic carbocycles. The van der Waals surface area contributed by atoms with Crippen LogP contribution in [0.3, 0.4) is 0 Å². The van der Waals surface area contributed by atoms with Crippen LogP contribution in [0.15, 0.2) is 53.1 Å². The summed E-state index contributed by atoms with van der Waals surface area (Å²) < 4.78 is 19.0. The van der Waals surface area contributed by atoms with Crippen LogP contribution in [0.2, 0.25) is 0 Å². The molecule has 0 aliphatic heterocycles. The number of halogens is 1. The Morgan fingerprint density at radius 2 is 2.11 bits per heavy atom. The number of aromatic nitrogens is 1. The molecular weight excluding hydrogens is 243 g/mol. The highest BCUT2D eigenvalue weighted by molar-refractivity contribution is 5.78. The lowest BCUT2D eigenvalue weighted by atomic mass is 10.1. The number of rotatable bonds is 3. The van der Waals surface area contributed by atoms with Gasteiger partial charge in [0.1, 0.15) is 5.76 Å². The molecule has 3 nitrogen and oxygen atoms in total. The smallest absolute Gasteiger partial charge is 0.169 e. The summed E-state index contributed by atoms with van der Waals surface area (Å²) in [5.74, 6) is 0.208. The third kappa shape index (κ3) is 2.35. The number of nitrogens with two attached hydrogens (primary N) is 1. The largest absolute Gasteiger partial charge is 0.456 e. The van der Waals surface area contributed by atoms with Gasteiger partial charge in [-0.3, -0.25) is 4.98 Å². The van der Waals surface area contributed by atoms with Crippen LogP contribution in [0.25, 0.3) is 11.0 Å². The molecule has 2 aromatic heterocycles. The molecule has 0 saturated heterocycles. The average molecular weight is 256 g/mol. The Labute approximate surface area is 109 Å². The van der Waals surface area contributed by atoms with Crippen LogP contribution < -0.4 is 5.73 Å². The van der Waals surface area contributed by atoms with Gasteiger partial charge < -0.3 is 10.2 Å². The van der Waals surface area contributed by atoms with Crippen molar-refractivity contribution in [3.8, 4) is 0 Å². The van der Waals surface area contributed by atoms with Crippen LogP contribution in [0.5, 0.6) is 0 Å². The van der Waals surface area contributed by atoms with Crippen molar-refractivity contribution in [1.29, 1.82) is 0 Å². The molecule has 0 aliphatic rings. The van der Waals surface area contributed by atoms with E-state index >= 15 is 0 Å². The third-order valence-electron chi connectivity index (χ3n) is 3.04. The summed E-state index contributed by atoms with van der Waals surface area (Å²) in [6, 6.07) is 12.0. The van der Waals surface area contributed by atoms with Crippen molar-refractivity contribution in [1.82, 2.24) is 4.98 Å². The molecule has 1 atom stereocenters. The number of benzene rings is 1. The minimum atomic E-state index is -0.367. The molecule has 0 spiro atoms. The maximum absolute atomic E-state index is 13.5. The van der Waals surface area contributed by atoms with Crippen LogP contribution in [-0.2, 0) is 6.42 Å². The van der Waals surface area contributed by atoms with Crippen LogP contribution in [0, 0.1) is 5.82 Å². The highest BCUT2D eigenvalue weighted by atomic mass is 19.1. The summed E-state index contributed by atoms with van der Waals surface area (Å²) in [4.78, 5) is 4.22. The highest BCUT2D eigenvalue weighted by Gasteiger charge is 2.15. The van der Waals surface area contributed by atoms with E-state index < -0.39 is 0 Å². The number of furan rings is 1. The highest BCUT2D eigenvalue weighted by Crippen LogP contribution is 2.26. The van der Waals surface area contributed by atoms with Gasteiger partial charge in [0.15, 0.2) is 11.4 Å². The summed E-state index contributed by atoms with van der Waals surface area (Å²) >= 11 is 0. The minimum absolute atomic E-state index is 0.258. The second-order valence-electron chi connectivity index (χ2n) is 4.44. The van der Waals surface area contributed by atoms with E-state index in [1.165, 1.54) is 6.07 Å². The number of pyridine rings is 1. The summed E-state index contributed by atoms with van der Waals surface area (Å²) in [6.45, 7) is 0. The summed E-state index contributed by atoms with van der Waals surface area (Å²) in [5.41, 5.74) is 7.23. The van der Waals surface area contributed by atoms with Gasteiger partial charge in [0.25, 0.3) is 0 Å². The van der Waals surface area contributed by atoms with Crippen molar-refractivity contribution in [3.63, 3.8) is 0 Å². The third-order valence-corrected chi connectivity index (χ3v) is 3.04. The molecule has 2 N–H and O–H groups in total. The molecule has 0 amide bonds. The van der Waals surface area contributed by atoms with E-state index in [4.69, 9.17) is 10.2 Å². The van der Waals surface area contributed by atoms with Gasteiger partial charge in [-0.2, -0.15) is 0 Å². The molecule has 3 aromatic rings. The van der Waals surface area contributed by atoms with Crippen LogP contribution in [0.1, 0.15) is 17.5 Å². The quantitative estimate of drug-likeness (QED) is 0.782. The monoisotopic (exact) mass is 256 g/mol. The van der Waals surface area contributed by atoms with E-state index in [1.807, 2.05) is 18.2 Å². The van der Waals surface area contributed by atoms with Crippen molar-refractivity contribution in [2.45, 2.75) is 12.5 Å². The van der Waals surface area contributed by atoms with Crippen LogP contribution >= 0.6 is 0 Å². The maximum atomic E-state index is 13.5. The molecule has 3 rings (SSSR count). The fraction of sp³-hybridized carbons (Fsp3) is 0.133. The number of nitrogens with zero attached hydrogens (tertiary/aromatic N) is 1. The van der Waals surface area contributed by atoms with E-state index in [-0.39, 0.29) is 17.4 Å². The zero-order valence-electron chi connectivity index (χ0n) is 10.2. The maximum Gasteiger partial charge on any atom is 0.169 e. The molecule has 0 fully saturated rings. The van der Waals surface area contributed by atoms with Crippen molar-refractivity contribution in [3.05, 3.63) is 65.9 Å². The van der Waals surface area contributed by atoms with E-state index in [9.17, 15) is 4.39 Å². The second kappa shape index (κ2) is 4.82. The van der Waals surface area contributed by atoms with E-state index in [0.717, 1.165) is 11.1 Å². The number of fused-ring (bicyclic) bond motifs is 1. The topological polar surface area (TPSA) is 52.0 Å². The molecule has 19 heavy (non-hydrogen) atoms. The lowest BCUT2D eigenvalue weighted by molar-refractivity contribution is 0.476. The fourth-order valence-corrected chi connectivity index (χ4v) is 2.07. The second-order valence-corrected chi connectivity index (χ2v) is 4.44. The molecule has 96 valence electrons. The van der Waals surface area contributed by atoms with Crippen LogP contribution in [0.4, 0.5) is 4.39 Å². The van der Waals surface area contributed by atoms with Gasteiger partial charge >= 0.3 is 0 Å². The first-order valence-corrected chi connectivity index (χ1v) is 6.07. The first-order valence-electron chi connectivity index (χ1n) is 6.07. The molecular formula is C15H13FN2O. The normalized spacial score (nSPS) is 12.7. The summed E-state index contributed by atoms with van der Waals surface area (Å²) in [6.07, 6.45) is 2.28. The van der Waals surface area contributed by atoms with Gasteiger partial charge in [0, 0.05) is 23.7 Å². The number of hydrogen-bond acceptors (Lipinski definition) is 3. The van der Waals surface area contributed by atoms with Gasteiger partial charge in [-0.1, -0.05) is 18.2 Å². The summed E-state index contributed by atoms with van der Waals surface area (Å²) in [7, 11) is 0. The van der Waals surface area contributed by atoms with E-state index in [0.29, 0.717) is 12.2 Å². The molecule has 2 heterocycles. The van der Waals surface area contributed by atoms with Crippen molar-refractivity contribution in [2.24, 2.45) is 5.73 Å². The first kappa shape index (κ1) is 11.9. The van der Waals surface area contributed by atoms with Crippen molar-refractivity contribution in [2.75, 3.05) is 0 Å². The Bertz CT molecular complexity index is 694. The predicted molar refractivity (Wildman–Crippen MR) is 71.0 cm³/mol. The van der Waals surface area contributed by atoms with E-state index in [2.05, 4.69) is 4.98 Å². The van der Waals surface area contributed by atoms with Gasteiger partial charge in [0.2, 0.25) is 0 Å². The molecule has 1 unspecified atom stereocenters. The fourth-order valence-electron chi connectivity index (χ4n) is 2.07. The lowest BCUT2D eigenvalue weighted by Crippen LogP contribution is -2.13. The number of hydrogen-bond donors (Lipinski definition) is 1. The Balaban J connectivity index is 1.89. The van der Waals surface area contributed by atoms with Crippen molar-refractivity contribution < 1.29 is 8.81 Å². The minimum Gasteiger partial charge on any atom is -0.456 e. The Morgan fingerprint density at radius 3 is 2.84 bits per heavy atom. The average Bonchev–Trinajstić information content (AvgIpc) is 2.85. The molecule has 4 heteroatoms. The Kier molecular flexibility index (Phi) is 3.01. The summed E-state index contributed by atoms with van der Waals surface area (Å²) in [5, 5.41) is 0.728. The molecule has 0 bridgehead atoms. The van der Waals surface area contributed by atoms with Crippen LogP contribution in [-0.4, -0.2) is 4.98 Å².